The summed E-state index contributed by atoms with van der Waals surface area (Å²) in [5.74, 6) is -1.44. The first-order chi connectivity index (χ1) is 11.6. The zero-order valence-corrected chi connectivity index (χ0v) is 13.4. The van der Waals surface area contributed by atoms with Crippen molar-refractivity contribution in [2.75, 3.05) is 0 Å². The Labute approximate surface area is 141 Å². The molecule has 2 heterocycles. The summed E-state index contributed by atoms with van der Waals surface area (Å²) >= 11 is 1.37. The van der Waals surface area contributed by atoms with Gasteiger partial charge < -0.3 is 9.90 Å². The lowest BCUT2D eigenvalue weighted by Gasteiger charge is -2.11. The molecule has 0 unspecified atom stereocenters. The van der Waals surface area contributed by atoms with Gasteiger partial charge >= 0.3 is 0 Å². The van der Waals surface area contributed by atoms with E-state index in [-0.39, 0.29) is 40.8 Å². The molecule has 0 amide bonds. The topological polar surface area (TPSA) is 92.1 Å². The molecule has 0 atom stereocenters. The van der Waals surface area contributed by atoms with E-state index >= 15 is 0 Å². The smallest absolute Gasteiger partial charge is 0.274 e. The summed E-state index contributed by atoms with van der Waals surface area (Å²) in [6, 6.07) is 9.94. The number of fused-ring (bicyclic) bond motifs is 1. The Bertz CT molecular complexity index is 960. The molecular weight excluding hydrogens is 328 g/mol. The number of carbonyl (C=O) groups is 2. The van der Waals surface area contributed by atoms with E-state index in [1.165, 1.54) is 17.4 Å². The molecular formula is C17H13N2O4S-. The second-order valence-corrected chi connectivity index (χ2v) is 6.16. The molecule has 0 bridgehead atoms. The lowest BCUT2D eigenvalue weighted by atomic mass is 10.1. The predicted molar refractivity (Wildman–Crippen MR) is 88.2 cm³/mol. The zero-order valence-electron chi connectivity index (χ0n) is 12.6. The molecule has 6 nitrogen and oxygen atoms in total. The zero-order chi connectivity index (χ0) is 17.1. The summed E-state index contributed by atoms with van der Waals surface area (Å²) < 4.78 is 1.09. The third-order valence-corrected chi connectivity index (χ3v) is 4.54. The second-order valence-electron chi connectivity index (χ2n) is 5.21. The molecule has 122 valence electrons. The maximum absolute atomic E-state index is 12.4. The average Bonchev–Trinajstić information content (AvgIpc) is 3.11. The molecule has 3 aromatic rings. The lowest BCUT2D eigenvalue weighted by molar-refractivity contribution is -0.255. The minimum Gasteiger partial charge on any atom is -0.543 e. The van der Waals surface area contributed by atoms with Gasteiger partial charge in [-0.15, -0.1) is 11.3 Å². The summed E-state index contributed by atoms with van der Waals surface area (Å²) in [5.41, 5.74) is -0.644. The Hall–Kier alpha value is -2.80. The molecule has 2 aromatic heterocycles. The first-order valence-electron chi connectivity index (χ1n) is 7.36. The van der Waals surface area contributed by atoms with Crippen LogP contribution >= 0.6 is 11.3 Å². The number of carbonyl (C=O) groups excluding carboxylic acids is 2. The van der Waals surface area contributed by atoms with Crippen molar-refractivity contribution < 1.29 is 14.7 Å². The van der Waals surface area contributed by atoms with Gasteiger partial charge in [-0.2, -0.15) is 5.10 Å². The van der Waals surface area contributed by atoms with Gasteiger partial charge in [0.05, 0.1) is 16.2 Å². The Morgan fingerprint density at radius 3 is 2.54 bits per heavy atom. The summed E-state index contributed by atoms with van der Waals surface area (Å²) in [5, 5.41) is 17.5. The van der Waals surface area contributed by atoms with Crippen LogP contribution in [0.1, 0.15) is 33.0 Å². The van der Waals surface area contributed by atoms with Crippen molar-refractivity contribution in [3.05, 3.63) is 62.7 Å². The number of aryl methyl sites for hydroxylation is 1. The van der Waals surface area contributed by atoms with E-state index in [0.717, 1.165) is 4.68 Å². The van der Waals surface area contributed by atoms with Crippen molar-refractivity contribution in [2.24, 2.45) is 0 Å². The highest BCUT2D eigenvalue weighted by Crippen LogP contribution is 2.14. The molecule has 0 fully saturated rings. The van der Waals surface area contributed by atoms with E-state index in [1.807, 2.05) is 5.38 Å². The minimum atomic E-state index is -1.44. The van der Waals surface area contributed by atoms with E-state index in [9.17, 15) is 19.5 Å². The summed E-state index contributed by atoms with van der Waals surface area (Å²) in [7, 11) is 0. The first-order valence-corrected chi connectivity index (χ1v) is 8.24. The number of nitrogens with zero attached hydrogens (tertiary/aromatic N) is 2. The molecule has 0 N–H and O–H groups in total. The molecule has 0 aliphatic rings. The van der Waals surface area contributed by atoms with Crippen LogP contribution in [0.2, 0.25) is 0 Å². The van der Waals surface area contributed by atoms with Gasteiger partial charge in [0.1, 0.15) is 5.69 Å². The third kappa shape index (κ3) is 3.11. The molecule has 24 heavy (non-hydrogen) atoms. The number of benzene rings is 1. The van der Waals surface area contributed by atoms with E-state index < -0.39 is 5.97 Å². The van der Waals surface area contributed by atoms with Crippen molar-refractivity contribution in [3.63, 3.8) is 0 Å². The molecule has 0 saturated heterocycles. The molecule has 0 aliphatic heterocycles. The Morgan fingerprint density at radius 2 is 1.88 bits per heavy atom. The van der Waals surface area contributed by atoms with Gasteiger partial charge in [0, 0.05) is 18.4 Å². The number of hydrogen-bond donors (Lipinski definition) is 0. The SMILES string of the molecule is O=C(CCCn1nc(C(=O)[O-])c2ccccc2c1=O)c1cccs1. The summed E-state index contributed by atoms with van der Waals surface area (Å²) in [4.78, 5) is 36.3. The largest absolute Gasteiger partial charge is 0.543 e. The number of hydrogen-bond acceptors (Lipinski definition) is 6. The number of aromatic carboxylic acids is 1. The Balaban J connectivity index is 1.84. The third-order valence-electron chi connectivity index (χ3n) is 3.63. The van der Waals surface area contributed by atoms with Gasteiger partial charge in [0.15, 0.2) is 5.78 Å². The van der Waals surface area contributed by atoms with E-state index in [4.69, 9.17) is 0 Å². The van der Waals surface area contributed by atoms with Gasteiger partial charge in [0.2, 0.25) is 0 Å². The van der Waals surface area contributed by atoms with Crippen LogP contribution in [0.15, 0.2) is 46.6 Å². The van der Waals surface area contributed by atoms with Crippen LogP contribution in [0.4, 0.5) is 0 Å². The van der Waals surface area contributed by atoms with Crippen LogP contribution < -0.4 is 10.7 Å². The Morgan fingerprint density at radius 1 is 1.12 bits per heavy atom. The summed E-state index contributed by atoms with van der Waals surface area (Å²) in [6.07, 6.45) is 0.663. The molecule has 3 rings (SSSR count). The van der Waals surface area contributed by atoms with E-state index in [0.29, 0.717) is 11.3 Å². The predicted octanol–water partition coefficient (Wildman–Crippen LogP) is 1.48. The highest BCUT2D eigenvalue weighted by atomic mass is 32.1. The number of carboxylic acids is 1. The van der Waals surface area contributed by atoms with Crippen molar-refractivity contribution in [2.45, 2.75) is 19.4 Å². The normalized spacial score (nSPS) is 10.8. The molecule has 0 aliphatic carbocycles. The Kier molecular flexibility index (Phi) is 4.52. The number of thiophene rings is 1. The highest BCUT2D eigenvalue weighted by Gasteiger charge is 2.12. The average molecular weight is 341 g/mol. The van der Waals surface area contributed by atoms with Crippen molar-refractivity contribution in [3.8, 4) is 0 Å². The molecule has 0 radical (unpaired) electrons. The van der Waals surface area contributed by atoms with Gasteiger partial charge in [-0.05, 0) is 23.9 Å². The maximum atomic E-state index is 12.4. The molecule has 0 spiro atoms. The molecule has 0 saturated carbocycles. The number of Topliss-reactive ketones (excluding diaryl/α,β-unsaturated/α-hetero) is 1. The van der Waals surface area contributed by atoms with Crippen LogP contribution in [-0.2, 0) is 6.54 Å². The minimum absolute atomic E-state index is 0.000960. The van der Waals surface area contributed by atoms with Crippen molar-refractivity contribution in [1.82, 2.24) is 9.78 Å². The second kappa shape index (κ2) is 6.76. The first kappa shape index (κ1) is 16.1. The van der Waals surface area contributed by atoms with Crippen LogP contribution in [-0.4, -0.2) is 21.5 Å². The molecule has 1 aromatic carbocycles. The van der Waals surface area contributed by atoms with Crippen molar-refractivity contribution >= 4 is 33.9 Å². The van der Waals surface area contributed by atoms with Crippen LogP contribution in [0, 0.1) is 0 Å². The van der Waals surface area contributed by atoms with Crippen molar-refractivity contribution in [1.29, 1.82) is 0 Å². The van der Waals surface area contributed by atoms with Gasteiger partial charge in [-0.25, -0.2) is 4.68 Å². The van der Waals surface area contributed by atoms with E-state index in [1.54, 1.807) is 30.3 Å². The van der Waals surface area contributed by atoms with Gasteiger partial charge in [-0.3, -0.25) is 9.59 Å². The quantitative estimate of drug-likeness (QED) is 0.633. The number of carboxylic acid groups (broad SMARTS) is 1. The van der Waals surface area contributed by atoms with Crippen LogP contribution in [0.25, 0.3) is 10.8 Å². The lowest BCUT2D eigenvalue weighted by Crippen LogP contribution is -2.31. The monoisotopic (exact) mass is 341 g/mol. The highest BCUT2D eigenvalue weighted by molar-refractivity contribution is 7.12. The number of ketones is 1. The van der Waals surface area contributed by atoms with E-state index in [2.05, 4.69) is 5.10 Å². The van der Waals surface area contributed by atoms with Crippen LogP contribution in [0.5, 0.6) is 0 Å². The van der Waals surface area contributed by atoms with Gasteiger partial charge in [0.25, 0.3) is 5.56 Å². The maximum Gasteiger partial charge on any atom is 0.274 e. The fourth-order valence-corrected chi connectivity index (χ4v) is 3.18. The standard InChI is InChI=1S/C17H14N2O4S/c20-13(14-8-4-10-24-14)7-3-9-19-16(21)12-6-2-1-5-11(12)15(18-19)17(22)23/h1-2,4-6,8,10H,3,7,9H2,(H,22,23)/p-1. The van der Waals surface area contributed by atoms with Crippen LogP contribution in [0.3, 0.4) is 0 Å². The molecule has 7 heteroatoms. The number of aromatic nitrogens is 2. The number of rotatable bonds is 6. The summed E-state index contributed by atoms with van der Waals surface area (Å²) in [6.45, 7) is 0.168. The fraction of sp³-hybridized carbons (Fsp3) is 0.176. The van der Waals surface area contributed by atoms with Gasteiger partial charge in [-0.1, -0.05) is 24.3 Å². The fourth-order valence-electron chi connectivity index (χ4n) is 2.49.